The third-order valence-corrected chi connectivity index (χ3v) is 8.76. The molecule has 2 aromatic carbocycles. The smallest absolute Gasteiger partial charge is 0.227 e. The summed E-state index contributed by atoms with van der Waals surface area (Å²) in [5.74, 6) is 1.02. The summed E-state index contributed by atoms with van der Waals surface area (Å²) in [4.78, 5) is 17.8. The lowest BCUT2D eigenvalue weighted by molar-refractivity contribution is 0.0864. The number of aryl methyl sites for hydroxylation is 1. The van der Waals surface area contributed by atoms with Crippen LogP contribution in [0.15, 0.2) is 35.5 Å². The van der Waals surface area contributed by atoms with Crippen molar-refractivity contribution >= 4 is 93.2 Å². The number of hydrazine groups is 1. The molecular weight excluding hydrogens is 661 g/mol. The van der Waals surface area contributed by atoms with E-state index in [1.807, 2.05) is 37.2 Å². The summed E-state index contributed by atoms with van der Waals surface area (Å²) >= 11 is 36.8. The normalized spacial score (nSPS) is 15.5. The minimum absolute atomic E-state index is 0.372. The second-order valence-electron chi connectivity index (χ2n) is 9.98. The van der Waals surface area contributed by atoms with Crippen molar-refractivity contribution < 1.29 is 0 Å². The zero-order valence-corrected chi connectivity index (χ0v) is 28.0. The van der Waals surface area contributed by atoms with Crippen LogP contribution in [0.4, 0.5) is 11.8 Å². The SMILES string of the molecule is CN(C)N1C=C(c2cc(Cl)cc(Cl)c2Cl)C=NC1.Cc1nc(N2CCN(C)CC2)nc(N)c1-c1cc(Cl)cc(Cl)c1Cl. The Morgan fingerprint density at radius 1 is 0.810 bits per heavy atom. The number of anilines is 2. The molecule has 5 rings (SSSR count). The third kappa shape index (κ3) is 7.73. The number of likely N-dealkylation sites (N-methyl/N-ethyl adjacent to an activating group) is 1. The van der Waals surface area contributed by atoms with Gasteiger partial charge in [-0.15, -0.1) is 0 Å². The molecule has 14 heteroatoms. The van der Waals surface area contributed by atoms with E-state index in [9.17, 15) is 0 Å². The molecule has 0 unspecified atom stereocenters. The quantitative estimate of drug-likeness (QED) is 0.283. The van der Waals surface area contributed by atoms with Gasteiger partial charge in [0.05, 0.1) is 25.8 Å². The van der Waals surface area contributed by atoms with E-state index >= 15 is 0 Å². The summed E-state index contributed by atoms with van der Waals surface area (Å²) in [5, 5.41) is 6.64. The van der Waals surface area contributed by atoms with Crippen LogP contribution in [0.2, 0.25) is 30.1 Å². The fourth-order valence-electron chi connectivity index (χ4n) is 4.40. The summed E-state index contributed by atoms with van der Waals surface area (Å²) in [6.07, 6.45) is 3.73. The van der Waals surface area contributed by atoms with Crippen LogP contribution in [0.1, 0.15) is 11.3 Å². The van der Waals surface area contributed by atoms with E-state index in [1.54, 1.807) is 30.5 Å². The summed E-state index contributed by atoms with van der Waals surface area (Å²) in [7, 11) is 5.99. The molecule has 2 N–H and O–H groups in total. The maximum absolute atomic E-state index is 6.33. The first-order valence-electron chi connectivity index (χ1n) is 12.9. The standard InChI is InChI=1S/C16H18Cl3N5.C12H12Cl3N3/c1-9-13(11-7-10(17)8-12(18)14(11)19)15(20)22-16(21-9)24-5-3-23(2)4-6-24;1-17(2)18-6-8(5-16-7-18)10-3-9(13)4-11(14)12(10)15/h7-8H,3-6H2,1-2H3,(H2,20,21,22);3-6H,7H2,1-2H3. The van der Waals surface area contributed by atoms with Crippen LogP contribution < -0.4 is 10.6 Å². The Morgan fingerprint density at radius 2 is 1.38 bits per heavy atom. The van der Waals surface area contributed by atoms with Crippen molar-refractivity contribution in [3.05, 3.63) is 71.9 Å². The van der Waals surface area contributed by atoms with Crippen LogP contribution in [0, 0.1) is 6.92 Å². The molecule has 224 valence electrons. The highest BCUT2D eigenvalue weighted by Gasteiger charge is 2.21. The number of piperazine rings is 1. The van der Waals surface area contributed by atoms with Gasteiger partial charge < -0.3 is 15.5 Å². The molecule has 0 aliphatic carbocycles. The van der Waals surface area contributed by atoms with Gasteiger partial charge in [0, 0.05) is 85.0 Å². The van der Waals surface area contributed by atoms with Crippen LogP contribution in [-0.4, -0.2) is 85.1 Å². The molecule has 0 spiro atoms. The Hall–Kier alpha value is -2.01. The zero-order valence-electron chi connectivity index (χ0n) is 23.5. The highest BCUT2D eigenvalue weighted by atomic mass is 35.5. The summed E-state index contributed by atoms with van der Waals surface area (Å²) in [5.41, 5.74) is 9.95. The first kappa shape index (κ1) is 32.9. The van der Waals surface area contributed by atoms with Crippen molar-refractivity contribution in [2.45, 2.75) is 6.92 Å². The lowest BCUT2D eigenvalue weighted by Gasteiger charge is -2.32. The third-order valence-electron chi connectivity index (χ3n) is 6.72. The molecule has 0 radical (unpaired) electrons. The Kier molecular flexibility index (Phi) is 11.1. The highest BCUT2D eigenvalue weighted by Crippen LogP contribution is 2.40. The lowest BCUT2D eigenvalue weighted by atomic mass is 10.0. The Morgan fingerprint density at radius 3 is 1.95 bits per heavy atom. The Bertz CT molecular complexity index is 1500. The number of rotatable bonds is 4. The molecule has 2 aliphatic rings. The zero-order chi connectivity index (χ0) is 30.7. The van der Waals surface area contributed by atoms with Crippen LogP contribution in [0.3, 0.4) is 0 Å². The van der Waals surface area contributed by atoms with Gasteiger partial charge in [0.2, 0.25) is 5.95 Å². The van der Waals surface area contributed by atoms with Crippen molar-refractivity contribution in [1.82, 2.24) is 24.9 Å². The molecule has 0 amide bonds. The van der Waals surface area contributed by atoms with Gasteiger partial charge in [-0.2, -0.15) is 4.98 Å². The number of halogens is 6. The lowest BCUT2D eigenvalue weighted by Crippen LogP contribution is -2.45. The monoisotopic (exact) mass is 688 g/mol. The second-order valence-corrected chi connectivity index (χ2v) is 12.4. The summed E-state index contributed by atoms with van der Waals surface area (Å²) in [6, 6.07) is 6.74. The second kappa shape index (κ2) is 14.2. The predicted octanol–water partition coefficient (Wildman–Crippen LogP) is 7.55. The number of aromatic nitrogens is 2. The number of hydrogen-bond acceptors (Lipinski definition) is 8. The van der Waals surface area contributed by atoms with Crippen LogP contribution in [0.25, 0.3) is 16.7 Å². The van der Waals surface area contributed by atoms with Gasteiger partial charge in [-0.05, 0) is 38.2 Å². The fraction of sp³-hybridized carbons (Fsp3) is 0.321. The van der Waals surface area contributed by atoms with Gasteiger partial charge in [0.15, 0.2) is 0 Å². The average molecular weight is 691 g/mol. The first-order chi connectivity index (χ1) is 19.8. The first-order valence-corrected chi connectivity index (χ1v) is 15.2. The molecule has 1 saturated heterocycles. The van der Waals surface area contributed by atoms with Crippen molar-refractivity contribution in [2.24, 2.45) is 4.99 Å². The summed E-state index contributed by atoms with van der Waals surface area (Å²) < 4.78 is 0. The van der Waals surface area contributed by atoms with Gasteiger partial charge in [-0.1, -0.05) is 69.6 Å². The topological polar surface area (TPSA) is 77.1 Å². The molecule has 0 saturated carbocycles. The van der Waals surface area contributed by atoms with Gasteiger partial charge in [0.25, 0.3) is 0 Å². The number of nitrogen functional groups attached to an aromatic ring is 1. The Balaban J connectivity index is 0.000000201. The molecule has 0 bridgehead atoms. The molecular formula is C28H30Cl6N8. The maximum atomic E-state index is 6.33. The van der Waals surface area contributed by atoms with Gasteiger partial charge in [0.1, 0.15) is 12.5 Å². The molecule has 8 nitrogen and oxygen atoms in total. The number of allylic oxidation sites excluding steroid dienone is 1. The average Bonchev–Trinajstić information content (AvgIpc) is 2.93. The van der Waals surface area contributed by atoms with E-state index in [1.165, 1.54) is 0 Å². The van der Waals surface area contributed by atoms with Gasteiger partial charge >= 0.3 is 0 Å². The van der Waals surface area contributed by atoms with E-state index in [2.05, 4.69) is 31.8 Å². The summed E-state index contributed by atoms with van der Waals surface area (Å²) in [6.45, 7) is 6.16. The molecule has 2 aliphatic heterocycles. The molecule has 3 heterocycles. The number of hydrogen-bond donors (Lipinski definition) is 1. The van der Waals surface area contributed by atoms with Crippen LogP contribution in [-0.2, 0) is 0 Å². The largest absolute Gasteiger partial charge is 0.383 e. The number of nitrogens with zero attached hydrogens (tertiary/aromatic N) is 7. The predicted molar refractivity (Wildman–Crippen MR) is 180 cm³/mol. The number of aliphatic imine (C=N–C) groups is 1. The van der Waals surface area contributed by atoms with Crippen molar-refractivity contribution in [2.75, 3.05) is 64.6 Å². The number of benzene rings is 2. The Labute approximate surface area is 276 Å². The van der Waals surface area contributed by atoms with Crippen molar-refractivity contribution in [3.8, 4) is 11.1 Å². The fourth-order valence-corrected chi connectivity index (χ4v) is 5.81. The minimum Gasteiger partial charge on any atom is -0.383 e. The van der Waals surface area contributed by atoms with Crippen LogP contribution >= 0.6 is 69.6 Å². The maximum Gasteiger partial charge on any atom is 0.227 e. The molecule has 1 fully saturated rings. The molecule has 42 heavy (non-hydrogen) atoms. The number of nitrogens with two attached hydrogens (primary N) is 1. The molecule has 3 aromatic rings. The van der Waals surface area contributed by atoms with Crippen molar-refractivity contribution in [3.63, 3.8) is 0 Å². The van der Waals surface area contributed by atoms with Gasteiger partial charge in [-0.3, -0.25) is 10.0 Å². The van der Waals surface area contributed by atoms with E-state index in [0.29, 0.717) is 59.7 Å². The van der Waals surface area contributed by atoms with Crippen LogP contribution in [0.5, 0.6) is 0 Å². The highest BCUT2D eigenvalue weighted by molar-refractivity contribution is 6.45. The molecule has 0 atom stereocenters. The van der Waals surface area contributed by atoms with E-state index < -0.39 is 0 Å². The minimum atomic E-state index is 0.372. The van der Waals surface area contributed by atoms with Gasteiger partial charge in [-0.25, -0.2) is 9.99 Å². The van der Waals surface area contributed by atoms with E-state index in [0.717, 1.165) is 43.0 Å². The molecule has 1 aromatic heterocycles. The van der Waals surface area contributed by atoms with E-state index in [-0.39, 0.29) is 0 Å². The van der Waals surface area contributed by atoms with E-state index in [4.69, 9.17) is 75.3 Å². The van der Waals surface area contributed by atoms with Crippen molar-refractivity contribution in [1.29, 1.82) is 0 Å².